The van der Waals surface area contributed by atoms with Crippen LogP contribution in [0.25, 0.3) is 0 Å². The van der Waals surface area contributed by atoms with Gasteiger partial charge in [0.25, 0.3) is 0 Å². The highest BCUT2D eigenvalue weighted by molar-refractivity contribution is 6.00. The Hall–Kier alpha value is -2.56. The Morgan fingerprint density at radius 1 is 1.48 bits per heavy atom. The minimum atomic E-state index is -0.991. The molecule has 2 heterocycles. The molecule has 0 spiro atoms. The topological polar surface area (TPSA) is 99.9 Å². The van der Waals surface area contributed by atoms with Crippen molar-refractivity contribution in [3.63, 3.8) is 0 Å². The van der Waals surface area contributed by atoms with Gasteiger partial charge in [-0.3, -0.25) is 19.4 Å². The second kappa shape index (κ2) is 5.44. The summed E-state index contributed by atoms with van der Waals surface area (Å²) in [7, 11) is 2.79. The van der Waals surface area contributed by atoms with Crippen molar-refractivity contribution in [2.24, 2.45) is 11.8 Å². The number of hydrogen-bond acceptors (Lipinski definition) is 6. The van der Waals surface area contributed by atoms with Crippen LogP contribution in [0.4, 0.5) is 4.79 Å². The van der Waals surface area contributed by atoms with Crippen LogP contribution in [-0.2, 0) is 19.1 Å². The third kappa shape index (κ3) is 2.31. The van der Waals surface area contributed by atoms with Crippen molar-refractivity contribution < 1.29 is 23.9 Å². The van der Waals surface area contributed by atoms with Gasteiger partial charge in [0, 0.05) is 14.1 Å². The van der Waals surface area contributed by atoms with Crippen LogP contribution < -0.4 is 0 Å². The first-order chi connectivity index (χ1) is 9.92. The van der Waals surface area contributed by atoms with Crippen LogP contribution in [0.3, 0.4) is 0 Å². The first-order valence-corrected chi connectivity index (χ1v) is 6.42. The largest absolute Gasteiger partial charge is 0.466 e. The second-order valence-corrected chi connectivity index (χ2v) is 4.75. The minimum Gasteiger partial charge on any atom is -0.466 e. The van der Waals surface area contributed by atoms with Crippen molar-refractivity contribution in [3.8, 4) is 6.07 Å². The average molecular weight is 293 g/mol. The van der Waals surface area contributed by atoms with Gasteiger partial charge in [-0.2, -0.15) is 5.26 Å². The Kier molecular flexibility index (Phi) is 3.84. The summed E-state index contributed by atoms with van der Waals surface area (Å²) >= 11 is 0. The number of hydrogen-bond donors (Lipinski definition) is 0. The van der Waals surface area contributed by atoms with E-state index in [1.54, 1.807) is 13.0 Å². The van der Waals surface area contributed by atoms with E-state index >= 15 is 0 Å². The predicted octanol–water partition coefficient (Wildman–Crippen LogP) is 0.0695. The zero-order valence-electron chi connectivity index (χ0n) is 11.9. The minimum absolute atomic E-state index is 0.105. The van der Waals surface area contributed by atoms with Crippen LogP contribution in [0.2, 0.25) is 0 Å². The Balaban J connectivity index is 2.44. The highest BCUT2D eigenvalue weighted by Crippen LogP contribution is 2.35. The molecule has 1 fully saturated rings. The van der Waals surface area contributed by atoms with Gasteiger partial charge in [-0.05, 0) is 13.0 Å². The van der Waals surface area contributed by atoms with E-state index in [-0.39, 0.29) is 12.4 Å². The van der Waals surface area contributed by atoms with E-state index in [2.05, 4.69) is 0 Å². The Labute approximate surface area is 121 Å². The monoisotopic (exact) mass is 293 g/mol. The molecule has 3 atom stereocenters. The number of nitriles is 1. The van der Waals surface area contributed by atoms with Crippen LogP contribution in [0, 0.1) is 23.2 Å². The van der Waals surface area contributed by atoms with Gasteiger partial charge in [0.15, 0.2) is 12.0 Å². The zero-order chi connectivity index (χ0) is 15.7. The maximum Gasteiger partial charge on any atom is 0.329 e. The molecule has 0 aromatic carbocycles. The fraction of sp³-hybridized carbons (Fsp3) is 0.538. The normalized spacial score (nSPS) is 28.3. The number of fused-ring (bicyclic) bond motifs is 1. The maximum atomic E-state index is 12.3. The van der Waals surface area contributed by atoms with Gasteiger partial charge < -0.3 is 9.47 Å². The van der Waals surface area contributed by atoms with Crippen LogP contribution in [0.15, 0.2) is 11.8 Å². The fourth-order valence-electron chi connectivity index (χ4n) is 2.46. The lowest BCUT2D eigenvalue weighted by Gasteiger charge is -2.44. The molecule has 0 radical (unpaired) electrons. The van der Waals surface area contributed by atoms with Crippen LogP contribution in [0.5, 0.6) is 0 Å². The Bertz CT molecular complexity index is 565. The molecule has 2 rings (SSSR count). The second-order valence-electron chi connectivity index (χ2n) is 4.75. The smallest absolute Gasteiger partial charge is 0.329 e. The first kappa shape index (κ1) is 14.8. The molecule has 0 aromatic heterocycles. The summed E-state index contributed by atoms with van der Waals surface area (Å²) in [4.78, 5) is 38.4. The lowest BCUT2D eigenvalue weighted by Crippen LogP contribution is -2.63. The Morgan fingerprint density at radius 3 is 2.71 bits per heavy atom. The van der Waals surface area contributed by atoms with E-state index in [0.29, 0.717) is 0 Å². The number of carbonyl (C=O) groups excluding carboxylic acids is 3. The lowest BCUT2D eigenvalue weighted by molar-refractivity contribution is -0.166. The SMILES string of the molecule is CCOC(=O)[C@@H]1C=C(C#N)O[C@H]2[C@@H]1C(=O)N(C)C(=O)N2C. The zero-order valence-corrected chi connectivity index (χ0v) is 11.9. The number of esters is 1. The predicted molar refractivity (Wildman–Crippen MR) is 68.1 cm³/mol. The summed E-state index contributed by atoms with van der Waals surface area (Å²) in [5, 5.41) is 8.99. The van der Waals surface area contributed by atoms with Crippen molar-refractivity contribution in [2.45, 2.75) is 13.2 Å². The lowest BCUT2D eigenvalue weighted by atomic mass is 9.85. The molecule has 0 saturated carbocycles. The molecule has 8 heteroatoms. The van der Waals surface area contributed by atoms with Crippen molar-refractivity contribution in [1.82, 2.24) is 9.80 Å². The summed E-state index contributed by atoms with van der Waals surface area (Å²) in [6.07, 6.45) is 0.282. The average Bonchev–Trinajstić information content (AvgIpc) is 2.49. The quantitative estimate of drug-likeness (QED) is 0.668. The molecule has 2 aliphatic rings. The van der Waals surface area contributed by atoms with Gasteiger partial charge in [-0.1, -0.05) is 0 Å². The summed E-state index contributed by atoms with van der Waals surface area (Å²) in [6, 6.07) is 1.24. The number of rotatable bonds is 2. The van der Waals surface area contributed by atoms with Gasteiger partial charge in [-0.15, -0.1) is 0 Å². The van der Waals surface area contributed by atoms with Gasteiger partial charge in [0.05, 0.1) is 12.5 Å². The van der Waals surface area contributed by atoms with E-state index in [1.165, 1.54) is 25.1 Å². The fourth-order valence-corrected chi connectivity index (χ4v) is 2.46. The summed E-state index contributed by atoms with van der Waals surface area (Å²) in [5.41, 5.74) is 0. The van der Waals surface area contributed by atoms with Crippen LogP contribution in [-0.4, -0.2) is 54.6 Å². The molecular formula is C13H15N3O5. The molecule has 1 saturated heterocycles. The molecule has 0 aromatic rings. The number of allylic oxidation sites excluding steroid dienone is 1. The molecule has 3 amide bonds. The molecular weight excluding hydrogens is 278 g/mol. The molecule has 21 heavy (non-hydrogen) atoms. The third-order valence-electron chi connectivity index (χ3n) is 3.53. The van der Waals surface area contributed by atoms with Crippen molar-refractivity contribution in [3.05, 3.63) is 11.8 Å². The number of amides is 3. The molecule has 2 aliphatic heterocycles. The van der Waals surface area contributed by atoms with E-state index < -0.39 is 36.0 Å². The number of imide groups is 1. The van der Waals surface area contributed by atoms with Gasteiger partial charge in [0.2, 0.25) is 5.91 Å². The molecule has 0 aliphatic carbocycles. The third-order valence-corrected chi connectivity index (χ3v) is 3.53. The summed E-state index contributed by atoms with van der Waals surface area (Å²) < 4.78 is 10.3. The van der Waals surface area contributed by atoms with E-state index in [0.717, 1.165) is 4.90 Å². The number of carbonyl (C=O) groups is 3. The number of urea groups is 1. The molecule has 112 valence electrons. The molecule has 0 bridgehead atoms. The van der Waals surface area contributed by atoms with E-state index in [9.17, 15) is 14.4 Å². The number of ether oxygens (including phenoxy) is 2. The molecule has 0 N–H and O–H groups in total. The van der Waals surface area contributed by atoms with Crippen LogP contribution >= 0.6 is 0 Å². The molecule has 0 unspecified atom stereocenters. The standard InChI is InChI=1S/C13H15N3O5/c1-4-20-12(18)8-5-7(6-14)21-11-9(8)10(17)15(2)13(19)16(11)3/h5,8-9,11H,4H2,1-3H3/t8-,9+,11+/m1/s1. The van der Waals surface area contributed by atoms with Gasteiger partial charge >= 0.3 is 12.0 Å². The van der Waals surface area contributed by atoms with E-state index in [4.69, 9.17) is 14.7 Å². The number of nitrogens with zero attached hydrogens (tertiary/aromatic N) is 3. The Morgan fingerprint density at radius 2 is 2.14 bits per heavy atom. The van der Waals surface area contributed by atoms with Crippen molar-refractivity contribution in [2.75, 3.05) is 20.7 Å². The van der Waals surface area contributed by atoms with Gasteiger partial charge in [-0.25, -0.2) is 4.79 Å². The highest BCUT2D eigenvalue weighted by Gasteiger charge is 2.52. The summed E-state index contributed by atoms with van der Waals surface area (Å²) in [5.74, 6) is -3.13. The van der Waals surface area contributed by atoms with Crippen LogP contribution in [0.1, 0.15) is 6.92 Å². The van der Waals surface area contributed by atoms with E-state index in [1.807, 2.05) is 0 Å². The molecule has 8 nitrogen and oxygen atoms in total. The van der Waals surface area contributed by atoms with Gasteiger partial charge in [0.1, 0.15) is 12.0 Å². The van der Waals surface area contributed by atoms with Crippen molar-refractivity contribution in [1.29, 1.82) is 5.26 Å². The first-order valence-electron chi connectivity index (χ1n) is 6.42. The summed E-state index contributed by atoms with van der Waals surface area (Å²) in [6.45, 7) is 1.80. The van der Waals surface area contributed by atoms with Crippen molar-refractivity contribution >= 4 is 17.9 Å². The maximum absolute atomic E-state index is 12.3. The highest BCUT2D eigenvalue weighted by atomic mass is 16.5.